The summed E-state index contributed by atoms with van der Waals surface area (Å²) < 4.78 is 6.67. The number of carboxylic acid groups (broad SMARTS) is 2. The van der Waals surface area contributed by atoms with E-state index in [-0.39, 0.29) is 23.4 Å². The van der Waals surface area contributed by atoms with Gasteiger partial charge in [0.25, 0.3) is 0 Å². The number of carbonyl (C=O) groups excluding carboxylic acids is 1. The van der Waals surface area contributed by atoms with E-state index in [9.17, 15) is 14.4 Å². The summed E-state index contributed by atoms with van der Waals surface area (Å²) in [6.07, 6.45) is 4.90. The maximum absolute atomic E-state index is 12.7. The summed E-state index contributed by atoms with van der Waals surface area (Å²) in [5, 5.41) is 15.6. The van der Waals surface area contributed by atoms with Crippen LogP contribution in [0.3, 0.4) is 0 Å². The minimum Gasteiger partial charge on any atom is -0.478 e. The highest BCUT2D eigenvalue weighted by Crippen LogP contribution is 2.30. The SMILES string of the molecule is CC(C)(C)c1ccc(C(=O)CCCN2CCC(OC(c3ccccc3)c3ccccc3)CC2)cc1.O=C(O)/C=C\C(=O)O. The van der Waals surface area contributed by atoms with Crippen molar-refractivity contribution in [2.45, 2.75) is 64.1 Å². The molecular formula is C36H43NO6. The van der Waals surface area contributed by atoms with E-state index in [0.29, 0.717) is 18.6 Å². The van der Waals surface area contributed by atoms with Gasteiger partial charge in [-0.25, -0.2) is 9.59 Å². The van der Waals surface area contributed by atoms with Gasteiger partial charge < -0.3 is 19.8 Å². The molecule has 0 saturated carbocycles. The second-order valence-electron chi connectivity index (χ2n) is 11.7. The van der Waals surface area contributed by atoms with Crippen molar-refractivity contribution in [2.75, 3.05) is 19.6 Å². The average Bonchev–Trinajstić information content (AvgIpc) is 3.00. The second-order valence-corrected chi connectivity index (χ2v) is 11.7. The molecule has 0 aliphatic carbocycles. The molecule has 1 aliphatic rings. The zero-order valence-electron chi connectivity index (χ0n) is 25.3. The zero-order chi connectivity index (χ0) is 31.2. The van der Waals surface area contributed by atoms with Gasteiger partial charge in [0.1, 0.15) is 6.10 Å². The third kappa shape index (κ3) is 11.6. The molecule has 1 aliphatic heterocycles. The molecule has 43 heavy (non-hydrogen) atoms. The normalized spacial score (nSPS) is 14.3. The lowest BCUT2D eigenvalue weighted by Crippen LogP contribution is -2.38. The standard InChI is InChI=1S/C32H39NO2.C4H4O4/c1-32(2,3)28-18-16-25(17-19-28)30(34)15-10-22-33-23-20-29(21-24-33)35-31(26-11-6-4-7-12-26)27-13-8-5-9-14-27;5-3(6)1-2-4(7)8/h4-9,11-14,16-19,29,31H,10,15,20-24H2,1-3H3;1-2H,(H,5,6)(H,7,8)/b;2-1-. The number of ketones is 1. The molecule has 0 radical (unpaired) electrons. The Morgan fingerprint density at radius 1 is 0.814 bits per heavy atom. The zero-order valence-corrected chi connectivity index (χ0v) is 25.3. The number of carbonyl (C=O) groups is 3. The first kappa shape index (κ1) is 33.4. The van der Waals surface area contributed by atoms with Crippen LogP contribution < -0.4 is 0 Å². The Labute approximate surface area is 254 Å². The maximum atomic E-state index is 12.7. The van der Waals surface area contributed by atoms with E-state index in [1.54, 1.807) is 0 Å². The van der Waals surface area contributed by atoms with Gasteiger partial charge in [0.2, 0.25) is 0 Å². The van der Waals surface area contributed by atoms with Crippen molar-refractivity contribution in [3.05, 3.63) is 119 Å². The van der Waals surface area contributed by atoms with E-state index in [2.05, 4.69) is 98.5 Å². The quantitative estimate of drug-likeness (QED) is 0.186. The van der Waals surface area contributed by atoms with E-state index in [4.69, 9.17) is 14.9 Å². The summed E-state index contributed by atoms with van der Waals surface area (Å²) in [5.74, 6) is -2.27. The molecule has 0 unspecified atom stereocenters. The predicted octanol–water partition coefficient (Wildman–Crippen LogP) is 6.93. The number of carboxylic acids is 2. The molecule has 3 aromatic carbocycles. The number of rotatable bonds is 11. The van der Waals surface area contributed by atoms with Gasteiger partial charge in [0.15, 0.2) is 5.78 Å². The van der Waals surface area contributed by atoms with Crippen molar-refractivity contribution in [3.8, 4) is 0 Å². The largest absolute Gasteiger partial charge is 0.478 e. The smallest absolute Gasteiger partial charge is 0.328 e. The Bertz CT molecular complexity index is 1270. The molecule has 7 heteroatoms. The Hall–Kier alpha value is -4.07. The number of nitrogens with zero attached hydrogens (tertiary/aromatic N) is 1. The Morgan fingerprint density at radius 3 is 1.74 bits per heavy atom. The minimum atomic E-state index is -1.26. The number of Topliss-reactive ketones (excluding diaryl/α,β-unsaturated/α-hetero) is 1. The highest BCUT2D eigenvalue weighted by Gasteiger charge is 2.25. The van der Waals surface area contributed by atoms with Gasteiger partial charge in [-0.05, 0) is 47.9 Å². The molecule has 0 atom stereocenters. The molecule has 4 rings (SSSR count). The van der Waals surface area contributed by atoms with E-state index in [1.165, 1.54) is 16.7 Å². The van der Waals surface area contributed by atoms with Crippen molar-refractivity contribution in [3.63, 3.8) is 0 Å². The predicted molar refractivity (Wildman–Crippen MR) is 168 cm³/mol. The number of benzene rings is 3. The summed E-state index contributed by atoms with van der Waals surface area (Å²) >= 11 is 0. The monoisotopic (exact) mass is 585 g/mol. The van der Waals surface area contributed by atoms with Crippen molar-refractivity contribution in [1.82, 2.24) is 4.90 Å². The molecule has 0 bridgehead atoms. The molecule has 1 saturated heterocycles. The van der Waals surface area contributed by atoms with Crippen LogP contribution in [0, 0.1) is 0 Å². The first-order valence-electron chi connectivity index (χ1n) is 14.8. The van der Waals surface area contributed by atoms with Crippen LogP contribution in [0.4, 0.5) is 0 Å². The lowest BCUT2D eigenvalue weighted by atomic mass is 9.86. The topological polar surface area (TPSA) is 104 Å². The highest BCUT2D eigenvalue weighted by molar-refractivity contribution is 5.96. The van der Waals surface area contributed by atoms with Crippen LogP contribution >= 0.6 is 0 Å². The first-order valence-corrected chi connectivity index (χ1v) is 14.8. The summed E-state index contributed by atoms with van der Waals surface area (Å²) in [7, 11) is 0. The fourth-order valence-electron chi connectivity index (χ4n) is 4.97. The van der Waals surface area contributed by atoms with Gasteiger partial charge in [-0.1, -0.05) is 106 Å². The Balaban J connectivity index is 0.000000557. The molecule has 0 aromatic heterocycles. The fourth-order valence-corrected chi connectivity index (χ4v) is 4.97. The summed E-state index contributed by atoms with van der Waals surface area (Å²) in [6, 6.07) is 29.2. The number of hydrogen-bond acceptors (Lipinski definition) is 5. The average molecular weight is 586 g/mol. The first-order chi connectivity index (χ1) is 20.5. The third-order valence-corrected chi connectivity index (χ3v) is 7.39. The molecular weight excluding hydrogens is 542 g/mol. The van der Waals surface area contributed by atoms with E-state index >= 15 is 0 Å². The summed E-state index contributed by atoms with van der Waals surface area (Å²) in [4.78, 5) is 34.2. The lowest BCUT2D eigenvalue weighted by molar-refractivity contribution is -0.134. The van der Waals surface area contributed by atoms with Crippen molar-refractivity contribution < 1.29 is 29.3 Å². The maximum Gasteiger partial charge on any atom is 0.328 e. The highest BCUT2D eigenvalue weighted by atomic mass is 16.5. The van der Waals surface area contributed by atoms with Crippen LogP contribution in [0.5, 0.6) is 0 Å². The fraction of sp³-hybridized carbons (Fsp3) is 0.361. The number of likely N-dealkylation sites (tertiary alicyclic amines) is 1. The summed E-state index contributed by atoms with van der Waals surface area (Å²) in [6.45, 7) is 9.61. The van der Waals surface area contributed by atoms with Crippen LogP contribution in [-0.2, 0) is 19.7 Å². The van der Waals surface area contributed by atoms with E-state index < -0.39 is 11.9 Å². The van der Waals surface area contributed by atoms with Gasteiger partial charge in [-0.2, -0.15) is 0 Å². The van der Waals surface area contributed by atoms with E-state index in [1.807, 2.05) is 12.1 Å². The number of hydrogen-bond donors (Lipinski definition) is 2. The van der Waals surface area contributed by atoms with E-state index in [0.717, 1.165) is 44.5 Å². The third-order valence-electron chi connectivity index (χ3n) is 7.39. The van der Waals surface area contributed by atoms with Crippen LogP contribution in [0.25, 0.3) is 0 Å². The lowest BCUT2D eigenvalue weighted by Gasteiger charge is -2.34. The molecule has 3 aromatic rings. The van der Waals surface area contributed by atoms with Gasteiger partial charge in [-0.3, -0.25) is 4.79 Å². The van der Waals surface area contributed by atoms with Crippen molar-refractivity contribution in [1.29, 1.82) is 0 Å². The van der Waals surface area contributed by atoms with Gasteiger partial charge in [-0.15, -0.1) is 0 Å². The Morgan fingerprint density at radius 2 is 1.30 bits per heavy atom. The minimum absolute atomic E-state index is 0.0313. The second kappa shape index (κ2) is 16.5. The molecule has 2 N–H and O–H groups in total. The molecule has 1 fully saturated rings. The van der Waals surface area contributed by atoms with Gasteiger partial charge in [0, 0.05) is 37.2 Å². The van der Waals surface area contributed by atoms with Crippen LogP contribution in [-0.4, -0.2) is 58.6 Å². The number of aliphatic carboxylic acids is 2. The summed E-state index contributed by atoms with van der Waals surface area (Å²) in [5.41, 5.74) is 4.61. The number of piperidine rings is 1. The van der Waals surface area contributed by atoms with Crippen LogP contribution in [0.15, 0.2) is 97.1 Å². The molecule has 0 amide bonds. The van der Waals surface area contributed by atoms with Crippen LogP contribution in [0.2, 0.25) is 0 Å². The number of ether oxygens (including phenoxy) is 1. The van der Waals surface area contributed by atoms with Gasteiger partial charge in [0.05, 0.1) is 6.10 Å². The molecule has 1 heterocycles. The molecule has 0 spiro atoms. The molecule has 7 nitrogen and oxygen atoms in total. The van der Waals surface area contributed by atoms with Gasteiger partial charge >= 0.3 is 11.9 Å². The molecule has 228 valence electrons. The van der Waals surface area contributed by atoms with Crippen molar-refractivity contribution in [2.24, 2.45) is 0 Å². The van der Waals surface area contributed by atoms with Crippen LogP contribution in [0.1, 0.15) is 79.6 Å². The Kier molecular flexibility index (Phi) is 12.9. The van der Waals surface area contributed by atoms with Crippen molar-refractivity contribution >= 4 is 17.7 Å².